The number of nitrogens with zero attached hydrogens (tertiary/aromatic N) is 1. The number of hydrogen-bond donors (Lipinski definition) is 2. The average Bonchev–Trinajstić information content (AvgIpc) is 3.17. The van der Waals surface area contributed by atoms with Crippen LogP contribution in [0.4, 0.5) is 4.79 Å². The molecule has 7 nitrogen and oxygen atoms in total. The Labute approximate surface area is 209 Å². The van der Waals surface area contributed by atoms with Crippen LogP contribution in [0.15, 0.2) is 48.5 Å². The van der Waals surface area contributed by atoms with Crippen molar-refractivity contribution in [2.24, 2.45) is 11.8 Å². The van der Waals surface area contributed by atoms with Gasteiger partial charge in [-0.25, -0.2) is 4.79 Å². The third kappa shape index (κ3) is 4.89. The lowest BCUT2D eigenvalue weighted by molar-refractivity contribution is -0.140. The highest BCUT2D eigenvalue weighted by molar-refractivity contribution is 8.00. The topological polar surface area (TPSA) is 95.9 Å². The van der Waals surface area contributed by atoms with E-state index in [0.29, 0.717) is 12.3 Å². The summed E-state index contributed by atoms with van der Waals surface area (Å²) in [6.07, 6.45) is 2.45. The molecule has 35 heavy (non-hydrogen) atoms. The molecule has 0 aromatic heterocycles. The summed E-state index contributed by atoms with van der Waals surface area (Å²) in [6, 6.07) is 16.4. The Kier molecular flexibility index (Phi) is 7.00. The molecule has 1 saturated carbocycles. The molecule has 1 aliphatic heterocycles. The van der Waals surface area contributed by atoms with Gasteiger partial charge in [0.05, 0.1) is 5.92 Å². The SMILES string of the molecule is O=C(NCC(C(=O)N1CCSC(C(=O)O)C1)C1CCC1)OCC1c2ccccc2-c2ccccc21. The van der Waals surface area contributed by atoms with Gasteiger partial charge >= 0.3 is 12.1 Å². The molecule has 2 atom stereocenters. The van der Waals surface area contributed by atoms with Crippen molar-refractivity contribution in [3.8, 4) is 11.1 Å². The fraction of sp³-hybridized carbons (Fsp3) is 0.444. The minimum absolute atomic E-state index is 0.0176. The maximum Gasteiger partial charge on any atom is 0.407 e. The van der Waals surface area contributed by atoms with E-state index in [4.69, 9.17) is 4.74 Å². The van der Waals surface area contributed by atoms with E-state index in [2.05, 4.69) is 29.6 Å². The number of ether oxygens (including phenoxy) is 1. The molecule has 2 aliphatic carbocycles. The van der Waals surface area contributed by atoms with Gasteiger partial charge in [-0.2, -0.15) is 0 Å². The number of benzene rings is 2. The molecule has 2 aromatic carbocycles. The minimum atomic E-state index is -0.885. The van der Waals surface area contributed by atoms with Gasteiger partial charge in [0.15, 0.2) is 0 Å². The minimum Gasteiger partial charge on any atom is -0.480 e. The zero-order valence-electron chi connectivity index (χ0n) is 19.5. The number of alkyl carbamates (subject to hydrolysis) is 1. The Morgan fingerprint density at radius 3 is 2.31 bits per heavy atom. The number of carbonyl (C=O) groups is 3. The number of thioether (sulfide) groups is 1. The molecule has 1 heterocycles. The van der Waals surface area contributed by atoms with Gasteiger partial charge in [0.2, 0.25) is 5.91 Å². The number of nitrogens with one attached hydrogen (secondary N) is 1. The lowest BCUT2D eigenvalue weighted by Crippen LogP contribution is -2.51. The number of hydrogen-bond acceptors (Lipinski definition) is 5. The van der Waals surface area contributed by atoms with Crippen molar-refractivity contribution in [3.63, 3.8) is 0 Å². The van der Waals surface area contributed by atoms with Crippen molar-refractivity contribution in [1.29, 1.82) is 0 Å². The van der Waals surface area contributed by atoms with Crippen LogP contribution in [-0.4, -0.2) is 65.2 Å². The Hall–Kier alpha value is -3.00. The molecule has 8 heteroatoms. The predicted molar refractivity (Wildman–Crippen MR) is 134 cm³/mol. The molecule has 2 fully saturated rings. The second-order valence-electron chi connectivity index (χ2n) is 9.49. The van der Waals surface area contributed by atoms with E-state index in [9.17, 15) is 19.5 Å². The number of carboxylic acid groups (broad SMARTS) is 1. The Morgan fingerprint density at radius 1 is 1.06 bits per heavy atom. The Bertz CT molecular complexity index is 1070. The van der Waals surface area contributed by atoms with E-state index < -0.39 is 17.3 Å². The molecule has 0 radical (unpaired) electrons. The molecule has 0 bridgehead atoms. The van der Waals surface area contributed by atoms with Crippen molar-refractivity contribution in [1.82, 2.24) is 10.2 Å². The lowest BCUT2D eigenvalue weighted by Gasteiger charge is -2.38. The zero-order valence-corrected chi connectivity index (χ0v) is 20.3. The molecule has 184 valence electrons. The van der Waals surface area contributed by atoms with Crippen LogP contribution in [0.2, 0.25) is 0 Å². The highest BCUT2D eigenvalue weighted by Gasteiger charge is 2.38. The van der Waals surface area contributed by atoms with Crippen molar-refractivity contribution in [2.45, 2.75) is 30.4 Å². The molecule has 0 spiro atoms. The first kappa shape index (κ1) is 23.7. The van der Waals surface area contributed by atoms with Crippen LogP contribution in [0.25, 0.3) is 11.1 Å². The summed E-state index contributed by atoms with van der Waals surface area (Å²) in [5.74, 6) is -0.475. The van der Waals surface area contributed by atoms with Gasteiger partial charge in [-0.15, -0.1) is 11.8 Å². The van der Waals surface area contributed by atoms with Gasteiger partial charge in [-0.05, 0) is 41.0 Å². The first-order chi connectivity index (χ1) is 17.0. The van der Waals surface area contributed by atoms with Crippen molar-refractivity contribution < 1.29 is 24.2 Å². The smallest absolute Gasteiger partial charge is 0.407 e. The van der Waals surface area contributed by atoms with E-state index in [1.165, 1.54) is 22.9 Å². The Morgan fingerprint density at radius 2 is 1.71 bits per heavy atom. The second kappa shape index (κ2) is 10.3. The lowest BCUT2D eigenvalue weighted by atomic mass is 9.75. The predicted octanol–water partition coefficient (Wildman–Crippen LogP) is 3.97. The first-order valence-electron chi connectivity index (χ1n) is 12.2. The monoisotopic (exact) mass is 494 g/mol. The van der Waals surface area contributed by atoms with Crippen LogP contribution in [0.5, 0.6) is 0 Å². The van der Waals surface area contributed by atoms with Crippen LogP contribution < -0.4 is 5.32 Å². The van der Waals surface area contributed by atoms with Gasteiger partial charge in [0, 0.05) is 31.3 Å². The first-order valence-corrected chi connectivity index (χ1v) is 13.3. The summed E-state index contributed by atoms with van der Waals surface area (Å²) >= 11 is 1.38. The maximum absolute atomic E-state index is 13.3. The van der Waals surface area contributed by atoms with Crippen molar-refractivity contribution in [3.05, 3.63) is 59.7 Å². The standard InChI is InChI=1S/C27H30N2O5S/c30-25(29-12-13-35-24(15-29)26(31)32)22(17-6-5-7-17)14-28-27(33)34-16-23-20-10-3-1-8-18(20)19-9-2-4-11-21(19)23/h1-4,8-11,17,22-24H,5-7,12-16H2,(H,28,33)(H,31,32). The third-order valence-electron chi connectivity index (χ3n) is 7.50. The van der Waals surface area contributed by atoms with Crippen LogP contribution in [0.1, 0.15) is 36.3 Å². The molecule has 1 saturated heterocycles. The summed E-state index contributed by atoms with van der Waals surface area (Å²) in [5, 5.41) is 11.6. The molecule has 2 amide bonds. The molecular formula is C27H30N2O5S. The van der Waals surface area contributed by atoms with Gasteiger partial charge < -0.3 is 20.1 Å². The number of carboxylic acids is 1. The number of aliphatic carboxylic acids is 1. The van der Waals surface area contributed by atoms with Crippen molar-refractivity contribution in [2.75, 3.05) is 32.0 Å². The van der Waals surface area contributed by atoms with E-state index >= 15 is 0 Å². The average molecular weight is 495 g/mol. The molecule has 2 aromatic rings. The Balaban J connectivity index is 1.20. The molecule has 5 rings (SSSR count). The number of fused-ring (bicyclic) bond motifs is 3. The van der Waals surface area contributed by atoms with Crippen LogP contribution >= 0.6 is 11.8 Å². The normalized spacial score (nSPS) is 20.3. The van der Waals surface area contributed by atoms with E-state index in [1.807, 2.05) is 24.3 Å². The summed E-state index contributed by atoms with van der Waals surface area (Å²) in [4.78, 5) is 39.0. The van der Waals surface area contributed by atoms with Gasteiger partial charge in [0.1, 0.15) is 11.9 Å². The van der Waals surface area contributed by atoms with Gasteiger partial charge in [-0.3, -0.25) is 9.59 Å². The largest absolute Gasteiger partial charge is 0.480 e. The van der Waals surface area contributed by atoms with Crippen LogP contribution in [0, 0.1) is 11.8 Å². The third-order valence-corrected chi connectivity index (χ3v) is 8.67. The highest BCUT2D eigenvalue weighted by atomic mass is 32.2. The zero-order chi connectivity index (χ0) is 24.4. The summed E-state index contributed by atoms with van der Waals surface area (Å²) in [5.41, 5.74) is 4.65. The fourth-order valence-electron chi connectivity index (χ4n) is 5.37. The molecule has 2 unspecified atom stereocenters. The molecule has 2 N–H and O–H groups in total. The van der Waals surface area contributed by atoms with Gasteiger partial charge in [0.25, 0.3) is 0 Å². The van der Waals surface area contributed by atoms with Crippen LogP contribution in [-0.2, 0) is 14.3 Å². The summed E-state index contributed by atoms with van der Waals surface area (Å²) < 4.78 is 5.64. The van der Waals surface area contributed by atoms with Crippen LogP contribution in [0.3, 0.4) is 0 Å². The molecule has 3 aliphatic rings. The van der Waals surface area contributed by atoms with E-state index in [0.717, 1.165) is 30.4 Å². The number of amides is 2. The quantitative estimate of drug-likeness (QED) is 0.605. The second-order valence-corrected chi connectivity index (χ2v) is 10.8. The number of rotatable bonds is 7. The highest BCUT2D eigenvalue weighted by Crippen LogP contribution is 2.44. The van der Waals surface area contributed by atoms with E-state index in [1.54, 1.807) is 4.90 Å². The summed E-state index contributed by atoms with van der Waals surface area (Å²) in [6.45, 7) is 1.20. The molecular weight excluding hydrogens is 464 g/mol. The summed E-state index contributed by atoms with van der Waals surface area (Å²) in [7, 11) is 0. The maximum atomic E-state index is 13.3. The van der Waals surface area contributed by atoms with E-state index in [-0.39, 0.29) is 43.4 Å². The van der Waals surface area contributed by atoms with Gasteiger partial charge in [-0.1, -0.05) is 55.0 Å². The fourth-order valence-corrected chi connectivity index (χ4v) is 6.41. The van der Waals surface area contributed by atoms with Crippen molar-refractivity contribution >= 4 is 29.7 Å². The number of carbonyl (C=O) groups excluding carboxylic acids is 2.